The van der Waals surface area contributed by atoms with Crippen molar-refractivity contribution < 1.29 is 33.4 Å². The van der Waals surface area contributed by atoms with Crippen molar-refractivity contribution in [3.63, 3.8) is 0 Å². The van der Waals surface area contributed by atoms with E-state index in [-0.39, 0.29) is 37.1 Å². The molecule has 0 radical (unpaired) electrons. The fraction of sp³-hybridized carbons (Fsp3) is 0.606. The summed E-state index contributed by atoms with van der Waals surface area (Å²) < 4.78 is 11.4. The molecule has 11 heteroatoms. The third-order valence-electron chi connectivity index (χ3n) is 7.26. The zero-order chi connectivity index (χ0) is 33.0. The maximum atomic E-state index is 13.7. The number of carbonyl (C=O) groups is 5. The van der Waals surface area contributed by atoms with Gasteiger partial charge in [0.1, 0.15) is 18.7 Å². The molecular formula is C33H50N4O7. The predicted octanol–water partition coefficient (Wildman–Crippen LogP) is 3.56. The number of benzene rings is 1. The van der Waals surface area contributed by atoms with Gasteiger partial charge >= 0.3 is 6.09 Å². The van der Waals surface area contributed by atoms with Crippen LogP contribution < -0.4 is 21.3 Å². The van der Waals surface area contributed by atoms with Gasteiger partial charge in [-0.2, -0.15) is 0 Å². The fourth-order valence-corrected chi connectivity index (χ4v) is 4.95. The minimum Gasteiger partial charge on any atom is -0.445 e. The Morgan fingerprint density at radius 2 is 1.64 bits per heavy atom. The van der Waals surface area contributed by atoms with Crippen LogP contribution in [0.2, 0.25) is 0 Å². The second-order valence-corrected chi connectivity index (χ2v) is 12.7. The summed E-state index contributed by atoms with van der Waals surface area (Å²) in [5, 5.41) is 11.0. The van der Waals surface area contributed by atoms with Gasteiger partial charge in [-0.1, -0.05) is 50.3 Å². The van der Waals surface area contributed by atoms with E-state index in [1.165, 1.54) is 0 Å². The van der Waals surface area contributed by atoms with Crippen molar-refractivity contribution >= 4 is 29.6 Å². The Balaban J connectivity index is 2.25. The number of rotatable bonds is 15. The maximum Gasteiger partial charge on any atom is 0.408 e. The lowest BCUT2D eigenvalue weighted by Crippen LogP contribution is -2.59. The number of Topliss-reactive ketones (excluding diaryl/α,β-unsaturated/α-hetero) is 1. The molecule has 1 heterocycles. The van der Waals surface area contributed by atoms with Crippen LogP contribution in [0.4, 0.5) is 4.79 Å². The lowest BCUT2D eigenvalue weighted by molar-refractivity contribution is -0.136. The number of ketones is 1. The van der Waals surface area contributed by atoms with E-state index in [1.54, 1.807) is 26.8 Å². The van der Waals surface area contributed by atoms with Crippen molar-refractivity contribution in [3.8, 4) is 0 Å². The van der Waals surface area contributed by atoms with Crippen LogP contribution in [-0.4, -0.2) is 66.0 Å². The molecule has 4 N–H and O–H groups in total. The Labute approximate surface area is 261 Å². The lowest BCUT2D eigenvalue weighted by atomic mass is 9.92. The van der Waals surface area contributed by atoms with Crippen LogP contribution in [0.25, 0.3) is 0 Å². The Kier molecular flexibility index (Phi) is 14.0. The highest BCUT2D eigenvalue weighted by Crippen LogP contribution is 2.19. The standard InChI is InChI=1S/C33H50N4O7/c1-9-21(4)28(38)25(18-24-15-16-34-29(24)39)35-30(40)26(17-20(2)3)36-31(41)27(22(5)44-33(6,7)8)37-32(42)43-19-23-13-11-10-12-14-23/h9-14,20,22,24-27H,15-19H2,1-8H3,(H,34,39)(H,35,40)(H,36,41)(H,37,42)/b21-9+/t22?,24?,25-,26-,27-/m0/s1. The van der Waals surface area contributed by atoms with Crippen molar-refractivity contribution in [2.45, 2.75) is 111 Å². The molecule has 0 bridgehead atoms. The van der Waals surface area contributed by atoms with Crippen molar-refractivity contribution in [2.75, 3.05) is 6.54 Å². The van der Waals surface area contributed by atoms with Crippen molar-refractivity contribution in [3.05, 3.63) is 47.5 Å². The van der Waals surface area contributed by atoms with Crippen LogP contribution in [0.1, 0.15) is 80.2 Å². The van der Waals surface area contributed by atoms with E-state index in [9.17, 15) is 24.0 Å². The zero-order valence-corrected chi connectivity index (χ0v) is 27.3. The highest BCUT2D eigenvalue weighted by Gasteiger charge is 2.36. The average molecular weight is 615 g/mol. The van der Waals surface area contributed by atoms with Crippen molar-refractivity contribution in [1.82, 2.24) is 21.3 Å². The number of ether oxygens (including phenoxy) is 2. The molecule has 1 aliphatic heterocycles. The third-order valence-corrected chi connectivity index (χ3v) is 7.26. The molecule has 11 nitrogen and oxygen atoms in total. The van der Waals surface area contributed by atoms with Crippen LogP contribution in [0, 0.1) is 11.8 Å². The first-order chi connectivity index (χ1) is 20.6. The van der Waals surface area contributed by atoms with E-state index in [2.05, 4.69) is 21.3 Å². The number of carbonyl (C=O) groups excluding carboxylic acids is 5. The summed E-state index contributed by atoms with van der Waals surface area (Å²) in [4.78, 5) is 65.6. The smallest absolute Gasteiger partial charge is 0.408 e. The zero-order valence-electron chi connectivity index (χ0n) is 27.3. The molecule has 1 aliphatic rings. The average Bonchev–Trinajstić information content (AvgIpc) is 3.36. The molecule has 0 aromatic heterocycles. The molecule has 1 aromatic rings. The van der Waals surface area contributed by atoms with Gasteiger partial charge in [-0.15, -0.1) is 0 Å². The molecule has 2 unspecified atom stereocenters. The van der Waals surface area contributed by atoms with E-state index in [1.807, 2.05) is 65.0 Å². The summed E-state index contributed by atoms with van der Waals surface area (Å²) in [6, 6.07) is 5.98. The summed E-state index contributed by atoms with van der Waals surface area (Å²) in [5.41, 5.74) is 0.612. The topological polar surface area (TPSA) is 152 Å². The first kappa shape index (κ1) is 36.5. The molecule has 0 aliphatic carbocycles. The van der Waals surface area contributed by atoms with Gasteiger partial charge in [0, 0.05) is 12.5 Å². The number of amides is 4. The Bertz CT molecular complexity index is 1180. The minimum absolute atomic E-state index is 0.00332. The minimum atomic E-state index is -1.19. The summed E-state index contributed by atoms with van der Waals surface area (Å²) in [7, 11) is 0. The number of hydrogen-bond acceptors (Lipinski definition) is 7. The van der Waals surface area contributed by atoms with Crippen LogP contribution in [-0.2, 0) is 35.3 Å². The van der Waals surface area contributed by atoms with Gasteiger partial charge in [0.25, 0.3) is 0 Å². The Morgan fingerprint density at radius 1 is 1.00 bits per heavy atom. The SMILES string of the molecule is C/C=C(\C)C(=O)[C@H](CC1CCNC1=O)NC(=O)[C@H](CC(C)C)NC(=O)[C@@H](NC(=O)OCc1ccccc1)C(C)OC(C)(C)C. The van der Waals surface area contributed by atoms with Gasteiger partial charge in [-0.3, -0.25) is 19.2 Å². The van der Waals surface area contributed by atoms with E-state index in [0.717, 1.165) is 5.56 Å². The molecule has 0 spiro atoms. The van der Waals surface area contributed by atoms with Gasteiger partial charge in [0.05, 0.1) is 17.7 Å². The Hall–Kier alpha value is -3.73. The van der Waals surface area contributed by atoms with Gasteiger partial charge < -0.3 is 30.7 Å². The summed E-state index contributed by atoms with van der Waals surface area (Å²) in [6.07, 6.45) is 1.05. The van der Waals surface area contributed by atoms with E-state index >= 15 is 0 Å². The second-order valence-electron chi connectivity index (χ2n) is 12.7. The third kappa shape index (κ3) is 12.1. The Morgan fingerprint density at radius 3 is 2.18 bits per heavy atom. The number of nitrogens with one attached hydrogen (secondary N) is 4. The van der Waals surface area contributed by atoms with Crippen LogP contribution in [0.5, 0.6) is 0 Å². The molecule has 1 fully saturated rings. The van der Waals surface area contributed by atoms with Crippen LogP contribution in [0.3, 0.4) is 0 Å². The van der Waals surface area contributed by atoms with Gasteiger partial charge in [-0.05, 0) is 77.9 Å². The van der Waals surface area contributed by atoms with Gasteiger partial charge in [-0.25, -0.2) is 4.79 Å². The van der Waals surface area contributed by atoms with Gasteiger partial charge in [0.15, 0.2) is 5.78 Å². The molecule has 5 atom stereocenters. The maximum absolute atomic E-state index is 13.7. The normalized spacial score (nSPS) is 18.1. The summed E-state index contributed by atoms with van der Waals surface area (Å²) in [6.45, 7) is 14.9. The molecule has 1 saturated heterocycles. The summed E-state index contributed by atoms with van der Waals surface area (Å²) in [5.74, 6) is -2.03. The fourth-order valence-electron chi connectivity index (χ4n) is 4.95. The highest BCUT2D eigenvalue weighted by molar-refractivity contribution is 6.02. The molecular weight excluding hydrogens is 564 g/mol. The predicted molar refractivity (Wildman–Crippen MR) is 167 cm³/mol. The van der Waals surface area contributed by atoms with E-state index in [0.29, 0.717) is 18.5 Å². The number of hydrogen-bond donors (Lipinski definition) is 4. The molecule has 4 amide bonds. The first-order valence-corrected chi connectivity index (χ1v) is 15.3. The van der Waals surface area contributed by atoms with Crippen LogP contribution >= 0.6 is 0 Å². The molecule has 44 heavy (non-hydrogen) atoms. The molecule has 0 saturated carbocycles. The lowest BCUT2D eigenvalue weighted by Gasteiger charge is -2.32. The van der Waals surface area contributed by atoms with Gasteiger partial charge in [0.2, 0.25) is 17.7 Å². The largest absolute Gasteiger partial charge is 0.445 e. The monoisotopic (exact) mass is 614 g/mol. The molecule has 2 rings (SSSR count). The quantitative estimate of drug-likeness (QED) is 0.221. The van der Waals surface area contributed by atoms with E-state index < -0.39 is 53.7 Å². The van der Waals surface area contributed by atoms with Crippen molar-refractivity contribution in [2.24, 2.45) is 11.8 Å². The van der Waals surface area contributed by atoms with Crippen molar-refractivity contribution in [1.29, 1.82) is 0 Å². The van der Waals surface area contributed by atoms with Crippen LogP contribution in [0.15, 0.2) is 42.0 Å². The molecule has 244 valence electrons. The van der Waals surface area contributed by atoms with E-state index in [4.69, 9.17) is 9.47 Å². The number of allylic oxidation sites excluding steroid dienone is 1. The second kappa shape index (κ2) is 16.9. The number of alkyl carbamates (subject to hydrolysis) is 1. The first-order valence-electron chi connectivity index (χ1n) is 15.3. The highest BCUT2D eigenvalue weighted by atomic mass is 16.6. The molecule has 1 aromatic carbocycles. The summed E-state index contributed by atoms with van der Waals surface area (Å²) >= 11 is 0.